The van der Waals surface area contributed by atoms with Crippen molar-refractivity contribution in [2.45, 2.75) is 18.5 Å². The highest BCUT2D eigenvalue weighted by Crippen LogP contribution is 2.50. The van der Waals surface area contributed by atoms with E-state index in [9.17, 15) is 14.2 Å². The summed E-state index contributed by atoms with van der Waals surface area (Å²) in [7, 11) is -4.46. The molecule has 1 aliphatic carbocycles. The summed E-state index contributed by atoms with van der Waals surface area (Å²) in [5.41, 5.74) is -1.34. The number of hydrogen-bond acceptors (Lipinski definition) is 3. The van der Waals surface area contributed by atoms with Gasteiger partial charge in [-0.25, -0.2) is 0 Å². The molecule has 0 heterocycles. The van der Waals surface area contributed by atoms with Crippen molar-refractivity contribution in [2.24, 2.45) is 5.92 Å². The van der Waals surface area contributed by atoms with Crippen molar-refractivity contribution in [1.29, 1.82) is 0 Å². The Morgan fingerprint density at radius 2 is 1.92 bits per heavy atom. The molecule has 7 heteroatoms. The highest BCUT2D eigenvalue weighted by molar-refractivity contribution is 7.52. The SMILES string of the molecule is O=C1CC(C(=O)O)C(P(=O)(O)O)C1. The van der Waals surface area contributed by atoms with Crippen LogP contribution in [0.3, 0.4) is 0 Å². The van der Waals surface area contributed by atoms with E-state index < -0.39 is 30.9 Å². The Kier molecular flexibility index (Phi) is 2.56. The summed E-state index contributed by atoms with van der Waals surface area (Å²) in [4.78, 5) is 38.8. The van der Waals surface area contributed by atoms with Gasteiger partial charge < -0.3 is 14.9 Å². The molecule has 0 saturated heterocycles. The lowest BCUT2D eigenvalue weighted by molar-refractivity contribution is -0.142. The number of carbonyl (C=O) groups is 2. The minimum Gasteiger partial charge on any atom is -0.481 e. The maximum atomic E-state index is 10.8. The molecule has 0 bridgehead atoms. The fourth-order valence-corrected chi connectivity index (χ4v) is 2.59. The van der Waals surface area contributed by atoms with Crippen molar-refractivity contribution in [3.8, 4) is 0 Å². The number of hydrogen-bond donors (Lipinski definition) is 3. The summed E-state index contributed by atoms with van der Waals surface area (Å²) in [6, 6.07) is 0. The van der Waals surface area contributed by atoms with E-state index >= 15 is 0 Å². The molecule has 0 aliphatic heterocycles. The Labute approximate surface area is 73.7 Å². The molecule has 2 atom stereocenters. The summed E-state index contributed by atoms with van der Waals surface area (Å²) in [5, 5.41) is 8.57. The average molecular weight is 208 g/mol. The minimum atomic E-state index is -4.46. The minimum absolute atomic E-state index is 0.273. The molecule has 0 spiro atoms. The number of rotatable bonds is 2. The van der Waals surface area contributed by atoms with Gasteiger partial charge >= 0.3 is 13.6 Å². The van der Waals surface area contributed by atoms with Crippen molar-refractivity contribution in [2.75, 3.05) is 0 Å². The van der Waals surface area contributed by atoms with E-state index in [1.807, 2.05) is 0 Å². The van der Waals surface area contributed by atoms with Crippen molar-refractivity contribution < 1.29 is 29.0 Å². The van der Waals surface area contributed by atoms with Crippen LogP contribution in [-0.2, 0) is 14.2 Å². The zero-order chi connectivity index (χ0) is 10.2. The molecule has 1 rings (SSSR count). The fourth-order valence-electron chi connectivity index (χ4n) is 1.45. The van der Waals surface area contributed by atoms with E-state index in [4.69, 9.17) is 14.9 Å². The third kappa shape index (κ3) is 2.15. The summed E-state index contributed by atoms with van der Waals surface area (Å²) < 4.78 is 10.8. The van der Waals surface area contributed by atoms with Gasteiger partial charge in [-0.15, -0.1) is 0 Å². The molecule has 1 aliphatic rings. The Morgan fingerprint density at radius 1 is 1.38 bits per heavy atom. The molecule has 2 unspecified atom stereocenters. The van der Waals surface area contributed by atoms with Crippen LogP contribution in [0.1, 0.15) is 12.8 Å². The quantitative estimate of drug-likeness (QED) is 0.532. The van der Waals surface area contributed by atoms with Crippen LogP contribution in [0.15, 0.2) is 0 Å². The first-order valence-electron chi connectivity index (χ1n) is 3.62. The molecule has 13 heavy (non-hydrogen) atoms. The Balaban J connectivity index is 2.91. The van der Waals surface area contributed by atoms with E-state index in [1.165, 1.54) is 0 Å². The van der Waals surface area contributed by atoms with Crippen LogP contribution in [0.2, 0.25) is 0 Å². The molecular weight excluding hydrogens is 199 g/mol. The lowest BCUT2D eigenvalue weighted by atomic mass is 10.1. The molecule has 0 amide bonds. The Hall–Kier alpha value is -0.710. The summed E-state index contributed by atoms with van der Waals surface area (Å²) in [6.07, 6.45) is -0.605. The monoisotopic (exact) mass is 208 g/mol. The molecule has 6 nitrogen and oxygen atoms in total. The fraction of sp³-hybridized carbons (Fsp3) is 0.667. The molecule has 0 aromatic rings. The normalized spacial score (nSPS) is 29.2. The number of aliphatic carboxylic acids is 1. The molecule has 0 aromatic heterocycles. The zero-order valence-electron chi connectivity index (χ0n) is 6.58. The smallest absolute Gasteiger partial charge is 0.329 e. The largest absolute Gasteiger partial charge is 0.481 e. The number of carboxylic acids is 1. The lowest BCUT2D eigenvalue weighted by Gasteiger charge is -2.15. The molecular formula is C6H9O6P. The maximum absolute atomic E-state index is 10.8. The lowest BCUT2D eigenvalue weighted by Crippen LogP contribution is -2.22. The second kappa shape index (κ2) is 3.21. The van der Waals surface area contributed by atoms with Crippen LogP contribution in [0, 0.1) is 5.92 Å². The van der Waals surface area contributed by atoms with Gasteiger partial charge in [-0.3, -0.25) is 14.2 Å². The van der Waals surface area contributed by atoms with Gasteiger partial charge in [-0.1, -0.05) is 0 Å². The second-order valence-electron chi connectivity index (χ2n) is 3.05. The molecule has 74 valence electrons. The first-order valence-corrected chi connectivity index (χ1v) is 5.30. The highest BCUT2D eigenvalue weighted by Gasteiger charge is 2.47. The predicted octanol–water partition coefficient (Wildman–Crippen LogP) is -0.404. The maximum Gasteiger partial charge on any atom is 0.329 e. The van der Waals surface area contributed by atoms with Crippen LogP contribution in [0.4, 0.5) is 0 Å². The van der Waals surface area contributed by atoms with Crippen LogP contribution >= 0.6 is 7.60 Å². The first kappa shape index (κ1) is 10.4. The standard InChI is InChI=1S/C6H9O6P/c7-3-1-4(6(8)9)5(2-3)13(10,11)12/h4-5H,1-2H2,(H,8,9)(H2,10,11,12). The zero-order valence-corrected chi connectivity index (χ0v) is 7.48. The molecule has 3 N–H and O–H groups in total. The van der Waals surface area contributed by atoms with Gasteiger partial charge in [0.1, 0.15) is 5.78 Å². The molecule has 1 saturated carbocycles. The predicted molar refractivity (Wildman–Crippen MR) is 41.2 cm³/mol. The highest BCUT2D eigenvalue weighted by atomic mass is 31.2. The van der Waals surface area contributed by atoms with Crippen molar-refractivity contribution in [3.63, 3.8) is 0 Å². The van der Waals surface area contributed by atoms with E-state index in [2.05, 4.69) is 0 Å². The number of ketones is 1. The third-order valence-electron chi connectivity index (χ3n) is 2.10. The van der Waals surface area contributed by atoms with Crippen molar-refractivity contribution >= 4 is 19.3 Å². The molecule has 0 radical (unpaired) electrons. The van der Waals surface area contributed by atoms with E-state index in [0.29, 0.717) is 0 Å². The van der Waals surface area contributed by atoms with E-state index in [0.717, 1.165) is 0 Å². The Bertz CT molecular complexity index is 291. The summed E-state index contributed by atoms with van der Waals surface area (Å²) in [6.45, 7) is 0. The van der Waals surface area contributed by atoms with Crippen LogP contribution in [0.5, 0.6) is 0 Å². The van der Waals surface area contributed by atoms with E-state index in [1.54, 1.807) is 0 Å². The van der Waals surface area contributed by atoms with Crippen LogP contribution in [0.25, 0.3) is 0 Å². The van der Waals surface area contributed by atoms with Gasteiger partial charge in [0.2, 0.25) is 0 Å². The van der Waals surface area contributed by atoms with Crippen molar-refractivity contribution in [3.05, 3.63) is 0 Å². The van der Waals surface area contributed by atoms with Crippen LogP contribution < -0.4 is 0 Å². The number of Topliss-reactive ketones (excluding diaryl/α,β-unsaturated/α-hetero) is 1. The molecule has 1 fully saturated rings. The number of carboxylic acid groups (broad SMARTS) is 1. The topological polar surface area (TPSA) is 112 Å². The van der Waals surface area contributed by atoms with Gasteiger partial charge in [0.25, 0.3) is 0 Å². The summed E-state index contributed by atoms with van der Waals surface area (Å²) in [5.74, 6) is -2.95. The Morgan fingerprint density at radius 3 is 2.23 bits per heavy atom. The van der Waals surface area contributed by atoms with Crippen molar-refractivity contribution in [1.82, 2.24) is 0 Å². The van der Waals surface area contributed by atoms with Gasteiger partial charge in [-0.2, -0.15) is 0 Å². The average Bonchev–Trinajstić information content (AvgIpc) is 2.29. The van der Waals surface area contributed by atoms with Gasteiger partial charge in [0.15, 0.2) is 0 Å². The van der Waals surface area contributed by atoms with Gasteiger partial charge in [-0.05, 0) is 0 Å². The van der Waals surface area contributed by atoms with Gasteiger partial charge in [0, 0.05) is 12.8 Å². The first-order chi connectivity index (χ1) is 5.82. The second-order valence-corrected chi connectivity index (χ2v) is 4.89. The van der Waals surface area contributed by atoms with Gasteiger partial charge in [0.05, 0.1) is 11.6 Å². The summed E-state index contributed by atoms with van der Waals surface area (Å²) >= 11 is 0. The molecule has 0 aromatic carbocycles. The third-order valence-corrected chi connectivity index (χ3v) is 3.50. The van der Waals surface area contributed by atoms with E-state index in [-0.39, 0.29) is 12.8 Å². The number of carbonyl (C=O) groups excluding carboxylic acids is 1. The van der Waals surface area contributed by atoms with Crippen LogP contribution in [-0.4, -0.2) is 32.3 Å².